The highest BCUT2D eigenvalue weighted by molar-refractivity contribution is 5.81. The third-order valence-electron chi connectivity index (χ3n) is 9.58. The van der Waals surface area contributed by atoms with Crippen LogP contribution in [0.15, 0.2) is 0 Å². The average Bonchev–Trinajstić information content (AvgIpc) is 3.97. The minimum atomic E-state index is 0.108. The molecule has 0 unspecified atom stereocenters. The Hall–Kier alpha value is -2.82. The normalized spacial score (nSPS) is 13.5. The van der Waals surface area contributed by atoms with Crippen molar-refractivity contribution in [2.75, 3.05) is 61.4 Å². The molecule has 0 heterocycles. The number of carbonyl (C=O) groups excluding carboxylic acids is 6. The third kappa shape index (κ3) is 36.0. The molecule has 0 aromatic carbocycles. The second-order valence-corrected chi connectivity index (χ2v) is 17.7. The molecule has 338 valence electrons. The molecule has 2 aliphatic carbocycles. The fourth-order valence-electron chi connectivity index (χ4n) is 4.77. The Morgan fingerprint density at radius 1 is 0.544 bits per heavy atom. The lowest BCUT2D eigenvalue weighted by atomic mass is 9.94. The number of carbonyl (C=O) groups is 6. The van der Waals surface area contributed by atoms with Crippen LogP contribution in [0.4, 0.5) is 0 Å². The summed E-state index contributed by atoms with van der Waals surface area (Å²) < 4.78 is 0. The molecule has 2 fully saturated rings. The van der Waals surface area contributed by atoms with Gasteiger partial charge in [-0.05, 0) is 66.5 Å². The van der Waals surface area contributed by atoms with Crippen LogP contribution in [-0.4, -0.2) is 122 Å². The SMILES string of the molecule is CC(=O)C(C)C.CC(C)C(=O)CC1CC1.CC(C)C(=O)N(C)C1CCCCC1.CC(C)C(=O)N(C)CCN(C)C.CCN(C)C(=O)C(C)C.CCNC(=O)C(C)C. The maximum Gasteiger partial charge on any atom is 0.225 e. The Kier molecular flexibility index (Phi) is 37.5. The van der Waals surface area contributed by atoms with Gasteiger partial charge in [0.1, 0.15) is 11.6 Å². The van der Waals surface area contributed by atoms with Crippen LogP contribution in [0.3, 0.4) is 0 Å². The first-order chi connectivity index (χ1) is 26.2. The van der Waals surface area contributed by atoms with Crippen LogP contribution in [0.2, 0.25) is 0 Å². The Labute approximate surface area is 352 Å². The number of ketones is 2. The first-order valence-electron chi connectivity index (χ1n) is 21.9. The number of nitrogens with one attached hydrogen (secondary N) is 1. The van der Waals surface area contributed by atoms with E-state index in [0.717, 1.165) is 38.5 Å². The van der Waals surface area contributed by atoms with Crippen molar-refractivity contribution in [3.05, 3.63) is 0 Å². The summed E-state index contributed by atoms with van der Waals surface area (Å²) in [5, 5.41) is 2.71. The number of hydrogen-bond donors (Lipinski definition) is 1. The van der Waals surface area contributed by atoms with Gasteiger partial charge >= 0.3 is 0 Å². The molecule has 0 aliphatic heterocycles. The van der Waals surface area contributed by atoms with Crippen molar-refractivity contribution in [1.29, 1.82) is 0 Å². The monoisotopic (exact) mass is 812 g/mol. The van der Waals surface area contributed by atoms with Gasteiger partial charge < -0.3 is 24.9 Å². The zero-order valence-corrected chi connectivity index (χ0v) is 40.8. The molecule has 0 radical (unpaired) electrons. The fraction of sp³-hybridized carbons (Fsp3) is 0.870. The predicted molar refractivity (Wildman–Crippen MR) is 240 cm³/mol. The molecule has 0 saturated heterocycles. The van der Waals surface area contributed by atoms with Crippen molar-refractivity contribution in [3.8, 4) is 0 Å². The maximum atomic E-state index is 11.7. The van der Waals surface area contributed by atoms with Gasteiger partial charge in [0, 0.05) is 95.3 Å². The lowest BCUT2D eigenvalue weighted by Crippen LogP contribution is -2.40. The van der Waals surface area contributed by atoms with Crippen molar-refractivity contribution in [1.82, 2.24) is 24.9 Å². The zero-order chi connectivity index (χ0) is 45.6. The van der Waals surface area contributed by atoms with E-state index in [2.05, 4.69) is 10.2 Å². The lowest BCUT2D eigenvalue weighted by molar-refractivity contribution is -0.136. The van der Waals surface area contributed by atoms with Gasteiger partial charge in [-0.15, -0.1) is 0 Å². The number of nitrogens with zero attached hydrogens (tertiary/aromatic N) is 4. The molecule has 2 saturated carbocycles. The summed E-state index contributed by atoms with van der Waals surface area (Å²) in [5.74, 6) is 3.31. The van der Waals surface area contributed by atoms with Crippen molar-refractivity contribution in [2.45, 2.75) is 161 Å². The molecule has 1 N–H and O–H groups in total. The number of likely N-dealkylation sites (N-methyl/N-ethyl adjacent to an activating group) is 2. The van der Waals surface area contributed by atoms with E-state index in [-0.39, 0.29) is 59.0 Å². The van der Waals surface area contributed by atoms with Gasteiger partial charge in [0.05, 0.1) is 0 Å². The van der Waals surface area contributed by atoms with Crippen LogP contribution in [0, 0.1) is 41.4 Å². The standard InChI is InChI=1S/C11H21NO.C9H20N2O.C8H14O.C7H15NO.C6H13NO.C5H10O/c1-9(2)11(13)12(3)10-7-5-4-6-8-10;1-8(2)9(12)11(5)7-6-10(3)4;1-6(2)8(9)5-7-3-4-7;1-5-8(4)7(9)6(2)3;1-4-7-6(8)5(2)3;1-4(2)5(3)6/h9-10H,4-8H2,1-3H3;8H,6-7H2,1-5H3;6-7H,3-5H2,1-2H3;6H,5H2,1-4H3;5H,4H2,1-3H3,(H,7,8);4H,1-3H3. The summed E-state index contributed by atoms with van der Waals surface area (Å²) in [4.78, 5) is 73.3. The van der Waals surface area contributed by atoms with Gasteiger partial charge in [0.2, 0.25) is 23.6 Å². The quantitative estimate of drug-likeness (QED) is 0.187. The van der Waals surface area contributed by atoms with Crippen LogP contribution in [0.5, 0.6) is 0 Å². The van der Waals surface area contributed by atoms with Crippen molar-refractivity contribution in [2.24, 2.45) is 41.4 Å². The molecule has 0 bridgehead atoms. The van der Waals surface area contributed by atoms with Crippen LogP contribution < -0.4 is 5.32 Å². The highest BCUT2D eigenvalue weighted by Gasteiger charge is 2.25. The highest BCUT2D eigenvalue weighted by Crippen LogP contribution is 2.33. The molecule has 0 atom stereocenters. The van der Waals surface area contributed by atoms with Gasteiger partial charge in [-0.2, -0.15) is 0 Å². The zero-order valence-electron chi connectivity index (χ0n) is 40.8. The molecule has 4 amide bonds. The van der Waals surface area contributed by atoms with Crippen LogP contribution >= 0.6 is 0 Å². The Morgan fingerprint density at radius 2 is 0.965 bits per heavy atom. The molecule has 0 aromatic rings. The number of Topliss-reactive ketones (excluding diaryl/α,β-unsaturated/α-hetero) is 2. The minimum Gasteiger partial charge on any atom is -0.356 e. The first kappa shape index (κ1) is 60.9. The molecule has 11 nitrogen and oxygen atoms in total. The predicted octanol–water partition coefficient (Wildman–Crippen LogP) is 8.24. The van der Waals surface area contributed by atoms with Crippen molar-refractivity contribution < 1.29 is 28.8 Å². The molecule has 2 aliphatic rings. The lowest BCUT2D eigenvalue weighted by Gasteiger charge is -2.32. The van der Waals surface area contributed by atoms with Crippen LogP contribution in [0.25, 0.3) is 0 Å². The largest absolute Gasteiger partial charge is 0.356 e. The Bertz CT molecular complexity index is 1090. The van der Waals surface area contributed by atoms with Crippen molar-refractivity contribution in [3.63, 3.8) is 0 Å². The van der Waals surface area contributed by atoms with Gasteiger partial charge in [-0.25, -0.2) is 0 Å². The van der Waals surface area contributed by atoms with Crippen LogP contribution in [0.1, 0.15) is 155 Å². The molecule has 0 spiro atoms. The van der Waals surface area contributed by atoms with Gasteiger partial charge in [-0.3, -0.25) is 28.8 Å². The second kappa shape index (κ2) is 35.2. The van der Waals surface area contributed by atoms with E-state index in [0.29, 0.717) is 17.7 Å². The summed E-state index contributed by atoms with van der Waals surface area (Å²) in [6.07, 6.45) is 9.76. The second-order valence-electron chi connectivity index (χ2n) is 17.7. The molecule has 0 aromatic heterocycles. The summed E-state index contributed by atoms with van der Waals surface area (Å²) in [6, 6.07) is 0.517. The van der Waals surface area contributed by atoms with E-state index in [9.17, 15) is 28.8 Å². The van der Waals surface area contributed by atoms with Crippen LogP contribution in [-0.2, 0) is 28.8 Å². The summed E-state index contributed by atoms with van der Waals surface area (Å²) in [6.45, 7) is 31.9. The number of hydrogen-bond acceptors (Lipinski definition) is 7. The minimum absolute atomic E-state index is 0.108. The maximum absolute atomic E-state index is 11.7. The van der Waals surface area contributed by atoms with Crippen molar-refractivity contribution >= 4 is 35.2 Å². The van der Waals surface area contributed by atoms with E-state index in [1.807, 2.05) is 137 Å². The summed E-state index contributed by atoms with van der Waals surface area (Å²) >= 11 is 0. The number of rotatable bonds is 14. The Morgan fingerprint density at radius 3 is 1.23 bits per heavy atom. The van der Waals surface area contributed by atoms with E-state index >= 15 is 0 Å². The summed E-state index contributed by atoms with van der Waals surface area (Å²) in [5.41, 5.74) is 0. The topological polar surface area (TPSA) is 127 Å². The molecule has 11 heteroatoms. The smallest absolute Gasteiger partial charge is 0.225 e. The highest BCUT2D eigenvalue weighted by atomic mass is 16.2. The molecule has 57 heavy (non-hydrogen) atoms. The number of amides is 4. The van der Waals surface area contributed by atoms with E-state index in [1.54, 1.807) is 16.7 Å². The molecule has 2 rings (SSSR count). The third-order valence-corrected chi connectivity index (χ3v) is 9.58. The van der Waals surface area contributed by atoms with Gasteiger partial charge in [-0.1, -0.05) is 102 Å². The van der Waals surface area contributed by atoms with E-state index in [1.165, 1.54) is 44.9 Å². The Balaban J connectivity index is -0.000000301. The molecular formula is C46H93N5O6. The molecular weight excluding hydrogens is 719 g/mol. The van der Waals surface area contributed by atoms with Gasteiger partial charge in [0.15, 0.2) is 0 Å². The first-order valence-corrected chi connectivity index (χ1v) is 21.9. The fourth-order valence-corrected chi connectivity index (χ4v) is 4.77. The summed E-state index contributed by atoms with van der Waals surface area (Å²) in [7, 11) is 9.65. The van der Waals surface area contributed by atoms with Gasteiger partial charge in [0.25, 0.3) is 0 Å². The average molecular weight is 812 g/mol. The van der Waals surface area contributed by atoms with E-state index in [4.69, 9.17) is 0 Å². The van der Waals surface area contributed by atoms with E-state index < -0.39 is 0 Å².